The van der Waals surface area contributed by atoms with Gasteiger partial charge in [-0.2, -0.15) is 0 Å². The van der Waals surface area contributed by atoms with Gasteiger partial charge in [0.1, 0.15) is 0 Å². The smallest absolute Gasteiger partial charge is 0.162 e. The minimum Gasteiger partial charge on any atom is -0.292 e. The minimum atomic E-state index is 0.745. The van der Waals surface area contributed by atoms with Gasteiger partial charge in [0.25, 0.3) is 0 Å². The first kappa shape index (κ1) is 21.4. The number of fused-ring (bicyclic) bond motifs is 9. The van der Waals surface area contributed by atoms with Gasteiger partial charge in [-0.3, -0.25) is 4.57 Å². The molecule has 0 spiro atoms. The highest BCUT2D eigenvalue weighted by atomic mass is 32.1. The molecule has 0 fully saturated rings. The van der Waals surface area contributed by atoms with Crippen molar-refractivity contribution in [1.29, 1.82) is 0 Å². The molecule has 0 N–H and O–H groups in total. The van der Waals surface area contributed by atoms with Crippen LogP contribution in [0, 0.1) is 0 Å². The Morgan fingerprint density at radius 2 is 1.18 bits per heavy atom. The first-order chi connectivity index (χ1) is 19.3. The molecule has 0 aliphatic heterocycles. The Balaban J connectivity index is 1.48. The van der Waals surface area contributed by atoms with Gasteiger partial charge in [0.15, 0.2) is 11.6 Å². The molecular weight excluding hydrogens is 515 g/mol. The average molecular weight is 534 g/mol. The first-order valence-corrected chi connectivity index (χ1v) is 14.6. The highest BCUT2D eigenvalue weighted by molar-refractivity contribution is 7.26. The summed E-state index contributed by atoms with van der Waals surface area (Å²) in [6, 6.07) is 41.0. The van der Waals surface area contributed by atoms with E-state index in [0.717, 1.165) is 32.9 Å². The average Bonchev–Trinajstić information content (AvgIpc) is 3.65. The molecule has 5 aromatic carbocycles. The van der Waals surface area contributed by atoms with Gasteiger partial charge in [0.2, 0.25) is 0 Å². The van der Waals surface area contributed by atoms with Gasteiger partial charge in [-0.15, -0.1) is 22.7 Å². The van der Waals surface area contributed by atoms with Crippen LogP contribution in [-0.2, 0) is 0 Å². The normalized spacial score (nSPS) is 12.1. The Morgan fingerprint density at radius 1 is 0.487 bits per heavy atom. The maximum atomic E-state index is 5.30. The lowest BCUT2D eigenvalue weighted by atomic mass is 10.1. The summed E-state index contributed by atoms with van der Waals surface area (Å²) in [4.78, 5) is 10.4. The van der Waals surface area contributed by atoms with E-state index in [9.17, 15) is 0 Å². The van der Waals surface area contributed by atoms with Crippen LogP contribution >= 0.6 is 22.7 Å². The zero-order valence-corrected chi connectivity index (χ0v) is 22.3. The molecule has 3 nitrogen and oxygen atoms in total. The summed E-state index contributed by atoms with van der Waals surface area (Å²) in [7, 11) is 0. The Morgan fingerprint density at radius 3 is 2.03 bits per heavy atom. The molecule has 0 atom stereocenters. The number of para-hydroxylation sites is 1. The molecule has 4 aromatic heterocycles. The first-order valence-electron chi connectivity index (χ1n) is 12.9. The van der Waals surface area contributed by atoms with E-state index in [1.807, 2.05) is 29.5 Å². The number of rotatable bonds is 2. The van der Waals surface area contributed by atoms with Crippen molar-refractivity contribution in [2.75, 3.05) is 0 Å². The summed E-state index contributed by atoms with van der Waals surface area (Å²) in [6.45, 7) is 0. The fourth-order valence-corrected chi connectivity index (χ4v) is 8.11. The summed E-state index contributed by atoms with van der Waals surface area (Å²) >= 11 is 3.63. The molecule has 39 heavy (non-hydrogen) atoms. The lowest BCUT2D eigenvalue weighted by molar-refractivity contribution is 1.08. The molecule has 0 unspecified atom stereocenters. The zero-order chi connectivity index (χ0) is 25.5. The molecule has 9 aromatic rings. The van der Waals surface area contributed by atoms with Crippen molar-refractivity contribution in [3.05, 3.63) is 115 Å². The minimum absolute atomic E-state index is 0.745. The molecule has 0 amide bonds. The lowest BCUT2D eigenvalue weighted by Gasteiger charge is -2.11. The van der Waals surface area contributed by atoms with Crippen LogP contribution in [0.25, 0.3) is 79.5 Å². The third-order valence-electron chi connectivity index (χ3n) is 7.62. The molecule has 0 bridgehead atoms. The second-order valence-electron chi connectivity index (χ2n) is 9.83. The van der Waals surface area contributed by atoms with Crippen molar-refractivity contribution in [1.82, 2.24) is 14.5 Å². The molecule has 0 aliphatic carbocycles. The van der Waals surface area contributed by atoms with Crippen LogP contribution in [0.2, 0.25) is 0 Å². The van der Waals surface area contributed by atoms with Gasteiger partial charge in [-0.1, -0.05) is 84.9 Å². The van der Waals surface area contributed by atoms with Crippen molar-refractivity contribution in [2.24, 2.45) is 0 Å². The number of nitrogens with zero attached hydrogens (tertiary/aromatic N) is 3. The van der Waals surface area contributed by atoms with E-state index in [1.54, 1.807) is 11.3 Å². The van der Waals surface area contributed by atoms with E-state index >= 15 is 0 Å². The number of benzene rings is 5. The van der Waals surface area contributed by atoms with E-state index in [-0.39, 0.29) is 0 Å². The maximum absolute atomic E-state index is 5.30. The van der Waals surface area contributed by atoms with Crippen LogP contribution in [0.5, 0.6) is 0 Å². The predicted molar refractivity (Wildman–Crippen MR) is 168 cm³/mol. The highest BCUT2D eigenvalue weighted by Gasteiger charge is 2.21. The number of hydrogen-bond acceptors (Lipinski definition) is 4. The molecule has 5 heteroatoms. The Kier molecular flexibility index (Phi) is 4.36. The fourth-order valence-electron chi connectivity index (χ4n) is 5.86. The van der Waals surface area contributed by atoms with E-state index in [1.165, 1.54) is 46.5 Å². The van der Waals surface area contributed by atoms with Crippen molar-refractivity contribution in [3.8, 4) is 17.2 Å². The van der Waals surface area contributed by atoms with Crippen LogP contribution < -0.4 is 0 Å². The van der Waals surface area contributed by atoms with Crippen molar-refractivity contribution < 1.29 is 0 Å². The molecule has 0 saturated carbocycles. The van der Waals surface area contributed by atoms with Crippen molar-refractivity contribution >= 4 is 85.0 Å². The molecule has 0 aliphatic rings. The second kappa shape index (κ2) is 7.96. The number of hydrogen-bond donors (Lipinski definition) is 0. The van der Waals surface area contributed by atoms with Crippen LogP contribution in [-0.4, -0.2) is 14.5 Å². The van der Waals surface area contributed by atoms with Crippen LogP contribution in [0.1, 0.15) is 0 Å². The Hall–Kier alpha value is -4.58. The molecule has 182 valence electrons. The molecule has 0 radical (unpaired) electrons. The summed E-state index contributed by atoms with van der Waals surface area (Å²) in [6.07, 6.45) is 0. The van der Waals surface area contributed by atoms with Gasteiger partial charge < -0.3 is 0 Å². The fraction of sp³-hybridized carbons (Fsp3) is 0. The standard InChI is InChI=1S/C34H19N3S2/c1-2-10-20(11-3-1)33-35-31-23-14-6-9-17-29(23)39-32(31)34(36-33)37-26-15-7-4-12-21(26)24-19-30-25(18-27(24)37)22-13-5-8-16-28(22)38-30/h1-19H. The lowest BCUT2D eigenvalue weighted by Crippen LogP contribution is -2.01. The topological polar surface area (TPSA) is 30.7 Å². The molecule has 4 heterocycles. The number of thiophene rings is 2. The van der Waals surface area contributed by atoms with Gasteiger partial charge in [-0.05, 0) is 30.3 Å². The van der Waals surface area contributed by atoms with E-state index in [0.29, 0.717) is 0 Å². The third-order valence-corrected chi connectivity index (χ3v) is 9.91. The van der Waals surface area contributed by atoms with E-state index in [2.05, 4.69) is 102 Å². The predicted octanol–water partition coefficient (Wildman–Crippen LogP) is 9.98. The van der Waals surface area contributed by atoms with Gasteiger partial charge in [0, 0.05) is 46.6 Å². The van der Waals surface area contributed by atoms with Crippen molar-refractivity contribution in [2.45, 2.75) is 0 Å². The summed E-state index contributed by atoms with van der Waals surface area (Å²) < 4.78 is 7.32. The quantitative estimate of drug-likeness (QED) is 0.221. The molecular formula is C34H19N3S2. The van der Waals surface area contributed by atoms with Gasteiger partial charge >= 0.3 is 0 Å². The summed E-state index contributed by atoms with van der Waals surface area (Å²) in [5, 5.41) is 6.25. The second-order valence-corrected chi connectivity index (χ2v) is 12.0. The van der Waals surface area contributed by atoms with E-state index in [4.69, 9.17) is 9.97 Å². The summed E-state index contributed by atoms with van der Waals surface area (Å²) in [5.41, 5.74) is 4.35. The maximum Gasteiger partial charge on any atom is 0.162 e. The van der Waals surface area contributed by atoms with Crippen LogP contribution in [0.15, 0.2) is 115 Å². The molecule has 9 rings (SSSR count). The highest BCUT2D eigenvalue weighted by Crippen LogP contribution is 2.43. The van der Waals surface area contributed by atoms with Gasteiger partial charge in [-0.25, -0.2) is 9.97 Å². The molecule has 0 saturated heterocycles. The van der Waals surface area contributed by atoms with Crippen molar-refractivity contribution in [3.63, 3.8) is 0 Å². The van der Waals surface area contributed by atoms with Crippen LogP contribution in [0.4, 0.5) is 0 Å². The monoisotopic (exact) mass is 533 g/mol. The van der Waals surface area contributed by atoms with Gasteiger partial charge in [0.05, 0.1) is 21.3 Å². The SMILES string of the molecule is c1ccc(-c2nc(-n3c4ccccc4c4cc5sc6ccccc6c5cc43)c3sc4ccccc4c3n2)cc1. The Labute approximate surface area is 231 Å². The van der Waals surface area contributed by atoms with Crippen LogP contribution in [0.3, 0.4) is 0 Å². The zero-order valence-electron chi connectivity index (χ0n) is 20.6. The Bertz CT molecular complexity index is 2390. The summed E-state index contributed by atoms with van der Waals surface area (Å²) in [5.74, 6) is 1.68. The third kappa shape index (κ3) is 3.03. The van der Waals surface area contributed by atoms with E-state index < -0.39 is 0 Å². The largest absolute Gasteiger partial charge is 0.292 e. The number of aromatic nitrogens is 3.